The van der Waals surface area contributed by atoms with Crippen LogP contribution in [0.15, 0.2) is 4.99 Å². The molecular weight excluding hydrogens is 343 g/mol. The van der Waals surface area contributed by atoms with Gasteiger partial charge in [0.15, 0.2) is 5.96 Å². The Morgan fingerprint density at radius 1 is 1.44 bits per heavy atom. The number of carbonyl (C=O) groups is 1. The molecule has 0 radical (unpaired) electrons. The molecule has 0 aromatic rings. The summed E-state index contributed by atoms with van der Waals surface area (Å²) in [4.78, 5) is 17.7. The molecule has 1 amide bonds. The summed E-state index contributed by atoms with van der Waals surface area (Å²) in [6.45, 7) is 4.30. The molecule has 5 nitrogen and oxygen atoms in total. The molecule has 18 heavy (non-hydrogen) atoms. The minimum absolute atomic E-state index is 0. The lowest BCUT2D eigenvalue weighted by Gasteiger charge is -2.31. The quantitative estimate of drug-likeness (QED) is 0.444. The number of carbonyl (C=O) groups excluding carboxylic acids is 1. The van der Waals surface area contributed by atoms with Crippen molar-refractivity contribution >= 4 is 35.8 Å². The van der Waals surface area contributed by atoms with Crippen molar-refractivity contribution in [2.75, 3.05) is 19.6 Å². The maximum Gasteiger partial charge on any atom is 0.242 e. The standard InChI is InChI=1S/C12H22N4O.HI/c1-9-3-2-6-16(8-9)12(13)14-7-11(17)15-10-4-5-10;/h9-10H,2-8H2,1H3,(H2,13,14)(H,15,17);1H. The molecule has 1 unspecified atom stereocenters. The highest BCUT2D eigenvalue weighted by Crippen LogP contribution is 2.18. The van der Waals surface area contributed by atoms with Gasteiger partial charge in [0.05, 0.1) is 0 Å². The van der Waals surface area contributed by atoms with Crippen molar-refractivity contribution in [1.82, 2.24) is 10.2 Å². The molecule has 1 saturated heterocycles. The van der Waals surface area contributed by atoms with E-state index in [1.807, 2.05) is 0 Å². The molecule has 2 fully saturated rings. The molecule has 1 aliphatic carbocycles. The fourth-order valence-corrected chi connectivity index (χ4v) is 2.15. The molecule has 1 heterocycles. The summed E-state index contributed by atoms with van der Waals surface area (Å²) in [5.74, 6) is 1.17. The van der Waals surface area contributed by atoms with Crippen molar-refractivity contribution < 1.29 is 4.79 Å². The second-order valence-corrected chi connectivity index (χ2v) is 5.21. The average molecular weight is 366 g/mol. The van der Waals surface area contributed by atoms with Crippen LogP contribution < -0.4 is 11.1 Å². The average Bonchev–Trinajstić information content (AvgIpc) is 3.10. The molecule has 104 valence electrons. The summed E-state index contributed by atoms with van der Waals surface area (Å²) < 4.78 is 0. The monoisotopic (exact) mass is 366 g/mol. The molecule has 3 N–H and O–H groups in total. The fourth-order valence-electron chi connectivity index (χ4n) is 2.15. The summed E-state index contributed by atoms with van der Waals surface area (Å²) in [6, 6.07) is 0.397. The smallest absolute Gasteiger partial charge is 0.242 e. The Bertz CT molecular complexity index is 317. The molecule has 6 heteroatoms. The molecule has 2 aliphatic rings. The number of hydrogen-bond acceptors (Lipinski definition) is 2. The van der Waals surface area contributed by atoms with Gasteiger partial charge in [-0.05, 0) is 31.6 Å². The summed E-state index contributed by atoms with van der Waals surface area (Å²) in [6.07, 6.45) is 4.63. The van der Waals surface area contributed by atoms with Crippen molar-refractivity contribution in [1.29, 1.82) is 0 Å². The first-order valence-electron chi connectivity index (χ1n) is 6.49. The van der Waals surface area contributed by atoms with Gasteiger partial charge in [0.2, 0.25) is 5.91 Å². The highest BCUT2D eigenvalue weighted by molar-refractivity contribution is 14.0. The van der Waals surface area contributed by atoms with E-state index >= 15 is 0 Å². The SMILES string of the molecule is CC1CCCN(C(N)=NCC(=O)NC2CC2)C1.I. The van der Waals surface area contributed by atoms with Gasteiger partial charge in [0.1, 0.15) is 6.54 Å². The zero-order valence-electron chi connectivity index (χ0n) is 10.9. The maximum atomic E-state index is 11.5. The van der Waals surface area contributed by atoms with Gasteiger partial charge in [-0.2, -0.15) is 0 Å². The number of halogens is 1. The highest BCUT2D eigenvalue weighted by atomic mass is 127. The Morgan fingerprint density at radius 2 is 2.17 bits per heavy atom. The lowest BCUT2D eigenvalue weighted by molar-refractivity contribution is -0.119. The van der Waals surface area contributed by atoms with Crippen LogP contribution in [0.3, 0.4) is 0 Å². The van der Waals surface area contributed by atoms with Crippen molar-refractivity contribution in [3.63, 3.8) is 0 Å². The van der Waals surface area contributed by atoms with Gasteiger partial charge in [-0.1, -0.05) is 6.92 Å². The molecule has 0 spiro atoms. The third kappa shape index (κ3) is 4.99. The van der Waals surface area contributed by atoms with Crippen LogP contribution in [-0.4, -0.2) is 42.4 Å². The van der Waals surface area contributed by atoms with Gasteiger partial charge in [-0.15, -0.1) is 24.0 Å². The second-order valence-electron chi connectivity index (χ2n) is 5.21. The van der Waals surface area contributed by atoms with Crippen molar-refractivity contribution in [3.05, 3.63) is 0 Å². The molecular formula is C12H23IN4O. The van der Waals surface area contributed by atoms with Gasteiger partial charge in [0.25, 0.3) is 0 Å². The Balaban J connectivity index is 0.00000162. The maximum absolute atomic E-state index is 11.5. The van der Waals surface area contributed by atoms with Gasteiger partial charge in [-0.3, -0.25) is 4.79 Å². The number of amides is 1. The van der Waals surface area contributed by atoms with Crippen molar-refractivity contribution in [2.45, 2.75) is 38.6 Å². The minimum Gasteiger partial charge on any atom is -0.370 e. The molecule has 0 aromatic heterocycles. The first-order chi connectivity index (χ1) is 8.15. The highest BCUT2D eigenvalue weighted by Gasteiger charge is 2.23. The summed E-state index contributed by atoms with van der Waals surface area (Å²) in [5.41, 5.74) is 5.90. The van der Waals surface area contributed by atoms with Crippen LogP contribution in [0.5, 0.6) is 0 Å². The largest absolute Gasteiger partial charge is 0.370 e. The molecule has 1 saturated carbocycles. The Morgan fingerprint density at radius 3 is 2.78 bits per heavy atom. The Kier molecular flexibility index (Phi) is 6.17. The van der Waals surface area contributed by atoms with Crippen LogP contribution in [0.1, 0.15) is 32.6 Å². The first-order valence-corrected chi connectivity index (χ1v) is 6.49. The lowest BCUT2D eigenvalue weighted by Crippen LogP contribution is -2.44. The van der Waals surface area contributed by atoms with Crippen molar-refractivity contribution in [2.24, 2.45) is 16.6 Å². The summed E-state index contributed by atoms with van der Waals surface area (Å²) in [5, 5.41) is 2.90. The molecule has 0 bridgehead atoms. The predicted octanol–water partition coefficient (Wildman–Crippen LogP) is 0.930. The van der Waals surface area contributed by atoms with Crippen LogP contribution in [-0.2, 0) is 4.79 Å². The molecule has 1 aliphatic heterocycles. The van der Waals surface area contributed by atoms with Crippen LogP contribution in [0.2, 0.25) is 0 Å². The normalized spacial score (nSPS) is 24.4. The number of piperidine rings is 1. The van der Waals surface area contributed by atoms with E-state index in [-0.39, 0.29) is 36.4 Å². The fraction of sp³-hybridized carbons (Fsp3) is 0.833. The number of nitrogens with zero attached hydrogens (tertiary/aromatic N) is 2. The van der Waals surface area contributed by atoms with E-state index in [4.69, 9.17) is 5.73 Å². The summed E-state index contributed by atoms with van der Waals surface area (Å²) in [7, 11) is 0. The van der Waals surface area contributed by atoms with E-state index in [1.54, 1.807) is 0 Å². The number of hydrogen-bond donors (Lipinski definition) is 2. The van der Waals surface area contributed by atoms with Gasteiger partial charge in [-0.25, -0.2) is 4.99 Å². The van der Waals surface area contributed by atoms with Crippen LogP contribution in [0, 0.1) is 5.92 Å². The predicted molar refractivity (Wildman–Crippen MR) is 83.0 cm³/mol. The van der Waals surface area contributed by atoms with Gasteiger partial charge < -0.3 is 16.0 Å². The molecule has 1 atom stereocenters. The third-order valence-electron chi connectivity index (χ3n) is 3.31. The molecule has 2 rings (SSSR count). The van der Waals surface area contributed by atoms with E-state index in [1.165, 1.54) is 6.42 Å². The van der Waals surface area contributed by atoms with Crippen LogP contribution in [0.25, 0.3) is 0 Å². The topological polar surface area (TPSA) is 70.7 Å². The van der Waals surface area contributed by atoms with E-state index in [0.29, 0.717) is 17.9 Å². The summed E-state index contributed by atoms with van der Waals surface area (Å²) >= 11 is 0. The molecule has 0 aromatic carbocycles. The zero-order valence-corrected chi connectivity index (χ0v) is 13.2. The van der Waals surface area contributed by atoms with E-state index in [0.717, 1.165) is 32.4 Å². The minimum atomic E-state index is -0.0134. The Labute approximate surface area is 126 Å². The second kappa shape index (κ2) is 7.16. The third-order valence-corrected chi connectivity index (χ3v) is 3.31. The van der Waals surface area contributed by atoms with E-state index in [2.05, 4.69) is 22.1 Å². The van der Waals surface area contributed by atoms with Crippen molar-refractivity contribution in [3.8, 4) is 0 Å². The number of rotatable bonds is 3. The number of guanidine groups is 1. The first kappa shape index (κ1) is 15.5. The van der Waals surface area contributed by atoms with Crippen LogP contribution in [0.4, 0.5) is 0 Å². The lowest BCUT2D eigenvalue weighted by atomic mass is 10.0. The number of aliphatic imine (C=N–C) groups is 1. The zero-order chi connectivity index (χ0) is 12.3. The number of nitrogens with one attached hydrogen (secondary N) is 1. The number of likely N-dealkylation sites (tertiary alicyclic amines) is 1. The van der Waals surface area contributed by atoms with Crippen LogP contribution >= 0.6 is 24.0 Å². The Hall–Kier alpha value is -0.530. The van der Waals surface area contributed by atoms with E-state index < -0.39 is 0 Å². The van der Waals surface area contributed by atoms with E-state index in [9.17, 15) is 4.79 Å². The van der Waals surface area contributed by atoms with Gasteiger partial charge >= 0.3 is 0 Å². The number of nitrogens with two attached hydrogens (primary N) is 1. The van der Waals surface area contributed by atoms with Gasteiger partial charge in [0, 0.05) is 19.1 Å².